The van der Waals surface area contributed by atoms with Crippen molar-refractivity contribution in [3.05, 3.63) is 23.3 Å². The zero-order chi connectivity index (χ0) is 20.7. The van der Waals surface area contributed by atoms with Gasteiger partial charge in [0.05, 0.1) is 20.3 Å². The average Bonchev–Trinajstić information content (AvgIpc) is 2.68. The molecule has 0 spiro atoms. The lowest BCUT2D eigenvalue weighted by atomic mass is 9.91. The second-order valence-electron chi connectivity index (χ2n) is 7.50. The van der Waals surface area contributed by atoms with E-state index in [0.29, 0.717) is 37.6 Å². The summed E-state index contributed by atoms with van der Waals surface area (Å²) in [5, 5.41) is 5.95. The maximum absolute atomic E-state index is 12.7. The number of ether oxygens (including phenoxy) is 2. The number of benzene rings is 1. The molecule has 156 valence electrons. The minimum absolute atomic E-state index is 0.00323. The maximum atomic E-state index is 12.7. The number of nitrogens with one attached hydrogen (secondary N) is 2. The Morgan fingerprint density at radius 1 is 1.18 bits per heavy atom. The average molecular weight is 392 g/mol. The molecule has 28 heavy (non-hydrogen) atoms. The van der Waals surface area contributed by atoms with Gasteiger partial charge in [-0.05, 0) is 42.0 Å². The van der Waals surface area contributed by atoms with E-state index in [1.165, 1.54) is 0 Å². The minimum atomic E-state index is -0.253. The van der Waals surface area contributed by atoms with E-state index in [4.69, 9.17) is 9.47 Å². The first kappa shape index (κ1) is 21.9. The molecule has 0 bridgehead atoms. The van der Waals surface area contributed by atoms with Crippen molar-refractivity contribution >= 4 is 11.9 Å². The molecule has 0 unspecified atom stereocenters. The number of hydrogen-bond acceptors (Lipinski definition) is 4. The van der Waals surface area contributed by atoms with Crippen molar-refractivity contribution in [2.75, 3.05) is 33.9 Å². The molecule has 0 saturated carbocycles. The van der Waals surface area contributed by atoms with Gasteiger partial charge >= 0.3 is 6.03 Å². The number of methoxy groups -OCH3 is 2. The molecule has 2 rings (SSSR count). The third-order valence-electron chi connectivity index (χ3n) is 4.88. The summed E-state index contributed by atoms with van der Waals surface area (Å²) >= 11 is 0. The fourth-order valence-corrected chi connectivity index (χ4v) is 3.48. The number of hydrogen-bond donors (Lipinski definition) is 2. The summed E-state index contributed by atoms with van der Waals surface area (Å²) in [4.78, 5) is 26.7. The van der Waals surface area contributed by atoms with Crippen molar-refractivity contribution < 1.29 is 19.1 Å². The summed E-state index contributed by atoms with van der Waals surface area (Å²) in [7, 11) is 3.21. The minimum Gasteiger partial charge on any atom is -0.493 e. The Balaban J connectivity index is 2.31. The SMILES string of the molecule is CCCNC(=O)N1CCc2cc(OC)c(OC)cc2[C@H]1CNC(=O)CC(C)C. The molecule has 0 aromatic heterocycles. The van der Waals surface area contributed by atoms with Gasteiger partial charge in [0, 0.05) is 26.1 Å². The van der Waals surface area contributed by atoms with Crippen LogP contribution in [0.25, 0.3) is 0 Å². The molecule has 3 amide bonds. The molecule has 1 heterocycles. The standard InChI is InChI=1S/C21H33N3O4/c1-6-8-22-21(26)24-9-7-15-11-18(27-4)19(28-5)12-16(15)17(24)13-23-20(25)10-14(2)3/h11-12,14,17H,6-10,13H2,1-5H3,(H,22,26)(H,23,25)/t17-/m1/s1. The number of carbonyl (C=O) groups is 2. The Labute approximate surface area is 167 Å². The molecule has 0 saturated heterocycles. The van der Waals surface area contributed by atoms with Gasteiger partial charge in [0.2, 0.25) is 5.91 Å². The number of nitrogens with zero attached hydrogens (tertiary/aromatic N) is 1. The molecule has 1 aromatic carbocycles. The summed E-state index contributed by atoms with van der Waals surface area (Å²) in [6, 6.07) is 3.53. The zero-order valence-corrected chi connectivity index (χ0v) is 17.6. The van der Waals surface area contributed by atoms with Gasteiger partial charge in [0.25, 0.3) is 0 Å². The van der Waals surface area contributed by atoms with Crippen molar-refractivity contribution in [2.45, 2.75) is 46.1 Å². The van der Waals surface area contributed by atoms with Gasteiger partial charge in [-0.1, -0.05) is 20.8 Å². The summed E-state index contributed by atoms with van der Waals surface area (Å²) < 4.78 is 10.9. The summed E-state index contributed by atoms with van der Waals surface area (Å²) in [6.07, 6.45) is 2.07. The monoisotopic (exact) mass is 391 g/mol. The second kappa shape index (κ2) is 10.2. The Morgan fingerprint density at radius 3 is 2.46 bits per heavy atom. The van der Waals surface area contributed by atoms with Crippen LogP contribution in [-0.4, -0.2) is 50.7 Å². The van der Waals surface area contributed by atoms with Crippen LogP contribution >= 0.6 is 0 Å². The first-order valence-corrected chi connectivity index (χ1v) is 9.97. The van der Waals surface area contributed by atoms with E-state index in [1.807, 2.05) is 32.9 Å². The molecule has 0 fully saturated rings. The highest BCUT2D eigenvalue weighted by Crippen LogP contribution is 2.38. The number of rotatable bonds is 8. The molecule has 1 atom stereocenters. The van der Waals surface area contributed by atoms with Gasteiger partial charge in [-0.2, -0.15) is 0 Å². The predicted molar refractivity (Wildman–Crippen MR) is 109 cm³/mol. The summed E-state index contributed by atoms with van der Waals surface area (Å²) in [6.45, 7) is 7.62. The van der Waals surface area contributed by atoms with Crippen molar-refractivity contribution in [3.8, 4) is 11.5 Å². The second-order valence-corrected chi connectivity index (χ2v) is 7.50. The first-order valence-electron chi connectivity index (χ1n) is 9.97. The molecule has 2 N–H and O–H groups in total. The lowest BCUT2D eigenvalue weighted by molar-refractivity contribution is -0.122. The molecule has 7 heteroatoms. The van der Waals surface area contributed by atoms with E-state index in [9.17, 15) is 9.59 Å². The van der Waals surface area contributed by atoms with Gasteiger partial charge in [-0.3, -0.25) is 4.79 Å². The Hall–Kier alpha value is -2.44. The van der Waals surface area contributed by atoms with Crippen LogP contribution in [0.4, 0.5) is 4.79 Å². The molecular weight excluding hydrogens is 358 g/mol. The number of urea groups is 1. The molecule has 1 aliphatic heterocycles. The van der Waals surface area contributed by atoms with E-state index in [-0.39, 0.29) is 23.9 Å². The molecule has 7 nitrogen and oxygen atoms in total. The summed E-state index contributed by atoms with van der Waals surface area (Å²) in [5.74, 6) is 1.58. The number of carbonyl (C=O) groups excluding carboxylic acids is 2. The van der Waals surface area contributed by atoms with Crippen LogP contribution in [0.2, 0.25) is 0 Å². The van der Waals surface area contributed by atoms with E-state index >= 15 is 0 Å². The zero-order valence-electron chi connectivity index (χ0n) is 17.6. The van der Waals surface area contributed by atoms with E-state index < -0.39 is 0 Å². The first-order chi connectivity index (χ1) is 13.4. The molecule has 1 aliphatic rings. The Kier molecular flexibility index (Phi) is 7.96. The van der Waals surface area contributed by atoms with E-state index in [1.54, 1.807) is 19.1 Å². The predicted octanol–water partition coefficient (Wildman–Crippen LogP) is 2.88. The van der Waals surface area contributed by atoms with Gasteiger partial charge in [-0.25, -0.2) is 4.79 Å². The lowest BCUT2D eigenvalue weighted by Crippen LogP contribution is -2.49. The third-order valence-corrected chi connectivity index (χ3v) is 4.88. The van der Waals surface area contributed by atoms with Crippen LogP contribution < -0.4 is 20.1 Å². The van der Waals surface area contributed by atoms with E-state index in [0.717, 1.165) is 24.0 Å². The third kappa shape index (κ3) is 5.30. The Morgan fingerprint density at radius 2 is 1.86 bits per heavy atom. The van der Waals surface area contributed by atoms with E-state index in [2.05, 4.69) is 10.6 Å². The van der Waals surface area contributed by atoms with Crippen molar-refractivity contribution in [1.82, 2.24) is 15.5 Å². The fourth-order valence-electron chi connectivity index (χ4n) is 3.48. The largest absolute Gasteiger partial charge is 0.493 e. The van der Waals surface area contributed by atoms with Crippen molar-refractivity contribution in [1.29, 1.82) is 0 Å². The van der Waals surface area contributed by atoms with Crippen LogP contribution in [0.15, 0.2) is 12.1 Å². The normalized spacial score (nSPS) is 15.8. The van der Waals surface area contributed by atoms with Crippen LogP contribution in [0.5, 0.6) is 11.5 Å². The van der Waals surface area contributed by atoms with Gasteiger partial charge in [-0.15, -0.1) is 0 Å². The van der Waals surface area contributed by atoms with Crippen LogP contribution in [-0.2, 0) is 11.2 Å². The topological polar surface area (TPSA) is 79.9 Å². The molecule has 1 aromatic rings. The Bertz CT molecular complexity index is 690. The lowest BCUT2D eigenvalue weighted by Gasteiger charge is -2.38. The fraction of sp³-hybridized carbons (Fsp3) is 0.619. The van der Waals surface area contributed by atoms with Gasteiger partial charge in [0.15, 0.2) is 11.5 Å². The van der Waals surface area contributed by atoms with Crippen LogP contribution in [0.3, 0.4) is 0 Å². The van der Waals surface area contributed by atoms with Crippen molar-refractivity contribution in [3.63, 3.8) is 0 Å². The maximum Gasteiger partial charge on any atom is 0.317 e. The van der Waals surface area contributed by atoms with Gasteiger partial charge in [0.1, 0.15) is 0 Å². The highest BCUT2D eigenvalue weighted by Gasteiger charge is 2.32. The molecular formula is C21H33N3O4. The van der Waals surface area contributed by atoms with Gasteiger partial charge < -0.3 is 25.0 Å². The smallest absolute Gasteiger partial charge is 0.317 e. The highest BCUT2D eigenvalue weighted by atomic mass is 16.5. The quantitative estimate of drug-likeness (QED) is 0.714. The molecule has 0 radical (unpaired) electrons. The van der Waals surface area contributed by atoms with Crippen LogP contribution in [0, 0.1) is 5.92 Å². The molecule has 0 aliphatic carbocycles. The van der Waals surface area contributed by atoms with Crippen LogP contribution in [0.1, 0.15) is 50.8 Å². The highest BCUT2D eigenvalue weighted by molar-refractivity contribution is 5.77. The summed E-state index contributed by atoms with van der Waals surface area (Å²) in [5.41, 5.74) is 2.10. The number of amides is 3. The number of fused-ring (bicyclic) bond motifs is 1. The van der Waals surface area contributed by atoms with Crippen molar-refractivity contribution in [2.24, 2.45) is 5.92 Å².